The molecule has 0 atom stereocenters. The van der Waals surface area contributed by atoms with E-state index >= 15 is 0 Å². The molecule has 0 unspecified atom stereocenters. The van der Waals surface area contributed by atoms with Crippen LogP contribution in [0.1, 0.15) is 18.7 Å². The number of rotatable bonds is 5. The summed E-state index contributed by atoms with van der Waals surface area (Å²) in [5.41, 5.74) is 0.904. The SMILES string of the molecule is COC(=O)CCCn1c(C)nc2scc(-c3cccs3)c2c1=O. The van der Waals surface area contributed by atoms with Crippen LogP contribution in [0.15, 0.2) is 27.7 Å². The van der Waals surface area contributed by atoms with Crippen LogP contribution in [0, 0.1) is 6.92 Å². The molecule has 3 heterocycles. The molecule has 0 bridgehead atoms. The third-order valence-electron chi connectivity index (χ3n) is 3.66. The highest BCUT2D eigenvalue weighted by atomic mass is 32.1. The van der Waals surface area contributed by atoms with Gasteiger partial charge < -0.3 is 4.74 Å². The molecule has 5 nitrogen and oxygen atoms in total. The zero-order valence-electron chi connectivity index (χ0n) is 12.9. The lowest BCUT2D eigenvalue weighted by molar-refractivity contribution is -0.140. The molecule has 3 aromatic heterocycles. The van der Waals surface area contributed by atoms with Crippen molar-refractivity contribution in [1.29, 1.82) is 0 Å². The summed E-state index contributed by atoms with van der Waals surface area (Å²) in [6, 6.07) is 3.98. The van der Waals surface area contributed by atoms with Crippen molar-refractivity contribution in [2.24, 2.45) is 0 Å². The van der Waals surface area contributed by atoms with Crippen LogP contribution in [0.4, 0.5) is 0 Å². The quantitative estimate of drug-likeness (QED) is 0.663. The van der Waals surface area contributed by atoms with Crippen LogP contribution >= 0.6 is 22.7 Å². The molecule has 0 aliphatic rings. The zero-order valence-corrected chi connectivity index (χ0v) is 14.5. The first-order chi connectivity index (χ1) is 11.1. The molecule has 0 N–H and O–H groups in total. The van der Waals surface area contributed by atoms with Crippen molar-refractivity contribution in [2.75, 3.05) is 7.11 Å². The van der Waals surface area contributed by atoms with Gasteiger partial charge in [-0.25, -0.2) is 4.98 Å². The average Bonchev–Trinajstić information content (AvgIpc) is 3.18. The Morgan fingerprint density at radius 2 is 2.22 bits per heavy atom. The van der Waals surface area contributed by atoms with Crippen LogP contribution < -0.4 is 5.56 Å². The normalized spacial score (nSPS) is 11.0. The molecule has 0 amide bonds. The van der Waals surface area contributed by atoms with Crippen molar-refractivity contribution < 1.29 is 9.53 Å². The molecule has 23 heavy (non-hydrogen) atoms. The molecule has 120 valence electrons. The summed E-state index contributed by atoms with van der Waals surface area (Å²) in [6.45, 7) is 2.28. The summed E-state index contributed by atoms with van der Waals surface area (Å²) in [7, 11) is 1.37. The highest BCUT2D eigenvalue weighted by molar-refractivity contribution is 7.18. The highest BCUT2D eigenvalue weighted by Crippen LogP contribution is 2.33. The molecule has 0 aliphatic carbocycles. The first kappa shape index (κ1) is 15.9. The molecule has 0 spiro atoms. The Balaban J connectivity index is 2.00. The fraction of sp³-hybridized carbons (Fsp3) is 0.312. The molecule has 0 aliphatic heterocycles. The van der Waals surface area contributed by atoms with Gasteiger partial charge >= 0.3 is 5.97 Å². The van der Waals surface area contributed by atoms with E-state index in [0.717, 1.165) is 15.3 Å². The lowest BCUT2D eigenvalue weighted by Gasteiger charge is -2.09. The summed E-state index contributed by atoms with van der Waals surface area (Å²) in [5, 5.41) is 4.65. The fourth-order valence-electron chi connectivity index (χ4n) is 2.49. The van der Waals surface area contributed by atoms with Gasteiger partial charge in [-0.15, -0.1) is 22.7 Å². The van der Waals surface area contributed by atoms with Crippen LogP contribution in [-0.4, -0.2) is 22.6 Å². The lowest BCUT2D eigenvalue weighted by atomic mass is 10.2. The van der Waals surface area contributed by atoms with Gasteiger partial charge in [0.2, 0.25) is 0 Å². The molecular formula is C16H16N2O3S2. The number of nitrogens with zero attached hydrogens (tertiary/aromatic N) is 2. The van der Waals surface area contributed by atoms with Crippen LogP contribution in [0.25, 0.3) is 20.7 Å². The first-order valence-electron chi connectivity index (χ1n) is 7.21. The Kier molecular flexibility index (Phi) is 4.58. The molecule has 3 aromatic rings. The Bertz CT molecular complexity index is 894. The van der Waals surface area contributed by atoms with Crippen molar-refractivity contribution in [1.82, 2.24) is 9.55 Å². The zero-order chi connectivity index (χ0) is 16.4. The van der Waals surface area contributed by atoms with Crippen molar-refractivity contribution >= 4 is 38.9 Å². The number of aryl methyl sites for hydroxylation is 1. The number of aromatic nitrogens is 2. The van der Waals surface area contributed by atoms with E-state index < -0.39 is 0 Å². The number of hydrogen-bond donors (Lipinski definition) is 0. The van der Waals surface area contributed by atoms with Crippen molar-refractivity contribution in [3.8, 4) is 10.4 Å². The van der Waals surface area contributed by atoms with E-state index in [-0.39, 0.29) is 11.5 Å². The predicted octanol–water partition coefficient (Wildman–Crippen LogP) is 3.45. The smallest absolute Gasteiger partial charge is 0.305 e. The maximum Gasteiger partial charge on any atom is 0.305 e. The molecule has 0 fully saturated rings. The van der Waals surface area contributed by atoms with Crippen LogP contribution in [-0.2, 0) is 16.1 Å². The van der Waals surface area contributed by atoms with Gasteiger partial charge in [0.05, 0.1) is 12.5 Å². The maximum atomic E-state index is 12.9. The third-order valence-corrected chi connectivity index (χ3v) is 5.44. The number of hydrogen-bond acceptors (Lipinski definition) is 6. The topological polar surface area (TPSA) is 61.2 Å². The summed E-state index contributed by atoms with van der Waals surface area (Å²) >= 11 is 3.10. The van der Waals surface area contributed by atoms with E-state index in [1.165, 1.54) is 18.4 Å². The number of esters is 1. The van der Waals surface area contributed by atoms with Crippen LogP contribution in [0.3, 0.4) is 0 Å². The minimum atomic E-state index is -0.264. The standard InChI is InChI=1S/C16H16N2O3S2/c1-10-17-15-14(11(9-23-15)12-5-4-8-22-12)16(20)18(10)7-3-6-13(19)21-2/h4-5,8-9H,3,6-7H2,1-2H3. The molecular weight excluding hydrogens is 332 g/mol. The van der Waals surface area contributed by atoms with Gasteiger partial charge in [-0.2, -0.15) is 0 Å². The molecule has 3 rings (SSSR count). The van der Waals surface area contributed by atoms with Crippen LogP contribution in [0.2, 0.25) is 0 Å². The second-order valence-electron chi connectivity index (χ2n) is 5.10. The van der Waals surface area contributed by atoms with Gasteiger partial charge in [0, 0.05) is 28.8 Å². The molecule has 0 saturated carbocycles. The van der Waals surface area contributed by atoms with E-state index in [9.17, 15) is 9.59 Å². The maximum absolute atomic E-state index is 12.9. The molecule has 0 radical (unpaired) electrons. The fourth-order valence-corrected chi connectivity index (χ4v) is 4.28. The van der Waals surface area contributed by atoms with E-state index in [1.54, 1.807) is 15.9 Å². The second kappa shape index (κ2) is 6.64. The first-order valence-corrected chi connectivity index (χ1v) is 8.97. The monoisotopic (exact) mass is 348 g/mol. The molecule has 0 saturated heterocycles. The van der Waals surface area contributed by atoms with Gasteiger partial charge in [0.1, 0.15) is 10.7 Å². The number of methoxy groups -OCH3 is 1. The average molecular weight is 348 g/mol. The number of fused-ring (bicyclic) bond motifs is 1. The minimum absolute atomic E-state index is 0.0398. The van der Waals surface area contributed by atoms with Gasteiger partial charge in [-0.1, -0.05) is 6.07 Å². The lowest BCUT2D eigenvalue weighted by Crippen LogP contribution is -2.24. The van der Waals surface area contributed by atoms with E-state index in [1.807, 2.05) is 29.8 Å². The highest BCUT2D eigenvalue weighted by Gasteiger charge is 2.16. The van der Waals surface area contributed by atoms with Gasteiger partial charge in [-0.05, 0) is 24.8 Å². The summed E-state index contributed by atoms with van der Waals surface area (Å²) in [6.07, 6.45) is 0.848. The molecule has 0 aromatic carbocycles. The third kappa shape index (κ3) is 3.07. The Morgan fingerprint density at radius 1 is 1.39 bits per heavy atom. The van der Waals surface area contributed by atoms with Crippen molar-refractivity contribution in [3.63, 3.8) is 0 Å². The summed E-state index contributed by atoms with van der Waals surface area (Å²) < 4.78 is 6.28. The largest absolute Gasteiger partial charge is 0.469 e. The van der Waals surface area contributed by atoms with E-state index in [0.29, 0.717) is 30.6 Å². The number of ether oxygens (including phenoxy) is 1. The Labute approximate surface area is 141 Å². The number of carbonyl (C=O) groups is 1. The van der Waals surface area contributed by atoms with Crippen molar-refractivity contribution in [2.45, 2.75) is 26.3 Å². The van der Waals surface area contributed by atoms with Gasteiger partial charge in [0.25, 0.3) is 5.56 Å². The Morgan fingerprint density at radius 3 is 2.91 bits per heavy atom. The summed E-state index contributed by atoms with van der Waals surface area (Å²) in [4.78, 5) is 30.5. The molecule has 7 heteroatoms. The predicted molar refractivity (Wildman–Crippen MR) is 93.2 cm³/mol. The van der Waals surface area contributed by atoms with E-state index in [4.69, 9.17) is 0 Å². The van der Waals surface area contributed by atoms with Gasteiger partial charge in [0.15, 0.2) is 0 Å². The van der Waals surface area contributed by atoms with Gasteiger partial charge in [-0.3, -0.25) is 14.2 Å². The summed E-state index contributed by atoms with van der Waals surface area (Å²) in [5.74, 6) is 0.409. The second-order valence-corrected chi connectivity index (χ2v) is 6.91. The van der Waals surface area contributed by atoms with E-state index in [2.05, 4.69) is 9.72 Å². The van der Waals surface area contributed by atoms with Crippen LogP contribution in [0.5, 0.6) is 0 Å². The number of carbonyl (C=O) groups excluding carboxylic acids is 1. The number of thiophene rings is 2. The Hall–Kier alpha value is -1.99. The minimum Gasteiger partial charge on any atom is -0.469 e. The van der Waals surface area contributed by atoms with Crippen molar-refractivity contribution in [3.05, 3.63) is 39.1 Å².